The maximum Gasteiger partial charge on any atom is 0.156 e. The zero-order chi connectivity index (χ0) is 14.5. The lowest BCUT2D eigenvalue weighted by Crippen LogP contribution is -2.07. The Labute approximate surface area is 127 Å². The molecule has 0 fully saturated rings. The van der Waals surface area contributed by atoms with Crippen molar-refractivity contribution in [2.45, 2.75) is 27.0 Å². The summed E-state index contributed by atoms with van der Waals surface area (Å²) in [6.45, 7) is 5.21. The number of aromatic nitrogens is 2. The molecule has 4 nitrogen and oxygen atoms in total. The highest BCUT2D eigenvalue weighted by atomic mass is 79.9. The lowest BCUT2D eigenvalue weighted by Gasteiger charge is -2.10. The Balaban J connectivity index is 2.12. The van der Waals surface area contributed by atoms with Crippen molar-refractivity contribution in [2.75, 3.05) is 12.4 Å². The second kappa shape index (κ2) is 6.81. The highest BCUT2D eigenvalue weighted by molar-refractivity contribution is 9.10. The summed E-state index contributed by atoms with van der Waals surface area (Å²) < 4.78 is 6.16. The van der Waals surface area contributed by atoms with E-state index in [1.165, 1.54) is 11.1 Å². The molecule has 1 aromatic heterocycles. The van der Waals surface area contributed by atoms with Gasteiger partial charge in [0.25, 0.3) is 0 Å². The summed E-state index contributed by atoms with van der Waals surface area (Å²) in [7, 11) is 1.64. The molecule has 0 spiro atoms. The molecule has 0 aliphatic rings. The lowest BCUT2D eigenvalue weighted by molar-refractivity contribution is 0.177. The maximum absolute atomic E-state index is 5.08. The topological polar surface area (TPSA) is 47.0 Å². The quantitative estimate of drug-likeness (QED) is 0.906. The van der Waals surface area contributed by atoms with Gasteiger partial charge in [-0.3, -0.25) is 0 Å². The van der Waals surface area contributed by atoms with E-state index in [4.69, 9.17) is 4.74 Å². The molecule has 0 aliphatic carbocycles. The van der Waals surface area contributed by atoms with E-state index >= 15 is 0 Å². The summed E-state index contributed by atoms with van der Waals surface area (Å²) in [5, 5.41) is 3.34. The van der Waals surface area contributed by atoms with Crippen LogP contribution in [-0.2, 0) is 17.9 Å². The molecule has 0 amide bonds. The fourth-order valence-electron chi connectivity index (χ4n) is 1.93. The van der Waals surface area contributed by atoms with Crippen LogP contribution in [0, 0.1) is 13.8 Å². The van der Waals surface area contributed by atoms with E-state index in [1.54, 1.807) is 7.11 Å². The monoisotopic (exact) mass is 335 g/mol. The molecule has 106 valence electrons. The van der Waals surface area contributed by atoms with Crippen molar-refractivity contribution >= 4 is 21.7 Å². The van der Waals surface area contributed by atoms with Crippen LogP contribution in [0.5, 0.6) is 0 Å². The van der Waals surface area contributed by atoms with Crippen LogP contribution in [0.1, 0.15) is 22.6 Å². The number of nitrogens with one attached hydrogen (secondary N) is 1. The average molecular weight is 336 g/mol. The first-order valence-corrected chi connectivity index (χ1v) is 7.20. The molecule has 0 saturated carbocycles. The van der Waals surface area contributed by atoms with Gasteiger partial charge in [0.05, 0.1) is 0 Å². The summed E-state index contributed by atoms with van der Waals surface area (Å²) in [4.78, 5) is 8.76. The van der Waals surface area contributed by atoms with Gasteiger partial charge in [-0.2, -0.15) is 0 Å². The van der Waals surface area contributed by atoms with E-state index in [0.717, 1.165) is 22.5 Å². The van der Waals surface area contributed by atoms with Gasteiger partial charge in [-0.15, -0.1) is 0 Å². The Morgan fingerprint density at radius 1 is 1.20 bits per heavy atom. The fraction of sp³-hybridized carbons (Fsp3) is 0.333. The van der Waals surface area contributed by atoms with Crippen molar-refractivity contribution in [1.82, 2.24) is 9.97 Å². The maximum atomic E-state index is 5.08. The van der Waals surface area contributed by atoms with Crippen LogP contribution < -0.4 is 5.32 Å². The van der Waals surface area contributed by atoms with Crippen LogP contribution in [0.4, 0.5) is 5.82 Å². The fourth-order valence-corrected chi connectivity index (χ4v) is 2.34. The molecule has 0 atom stereocenters. The smallest absolute Gasteiger partial charge is 0.156 e. The van der Waals surface area contributed by atoms with Gasteiger partial charge in [0.1, 0.15) is 12.4 Å². The molecule has 20 heavy (non-hydrogen) atoms. The molecular formula is C15H18BrN3O. The van der Waals surface area contributed by atoms with Gasteiger partial charge in [-0.1, -0.05) is 22.0 Å². The number of halogens is 1. The Hall–Kier alpha value is -1.46. The minimum Gasteiger partial charge on any atom is -0.377 e. The van der Waals surface area contributed by atoms with Crippen molar-refractivity contribution in [2.24, 2.45) is 0 Å². The molecule has 0 bridgehead atoms. The summed E-state index contributed by atoms with van der Waals surface area (Å²) >= 11 is 3.50. The van der Waals surface area contributed by atoms with E-state index in [9.17, 15) is 0 Å². The number of nitrogens with zero attached hydrogens (tertiary/aromatic N) is 2. The zero-order valence-electron chi connectivity index (χ0n) is 11.9. The van der Waals surface area contributed by atoms with Crippen LogP contribution in [-0.4, -0.2) is 17.1 Å². The van der Waals surface area contributed by atoms with Gasteiger partial charge in [-0.25, -0.2) is 9.97 Å². The predicted octanol–water partition coefficient (Wildman–Crippen LogP) is 3.61. The Morgan fingerprint density at radius 2 is 2.00 bits per heavy atom. The van der Waals surface area contributed by atoms with Gasteiger partial charge in [-0.05, 0) is 37.1 Å². The standard InChI is InChI=1S/C15H18BrN3O/c1-10-4-5-13(16)7-12(10)8-17-14-6-11(2)18-15(19-14)9-20-3/h4-7H,8-9H2,1-3H3,(H,17,18,19). The van der Waals surface area contributed by atoms with E-state index in [-0.39, 0.29) is 0 Å². The van der Waals surface area contributed by atoms with Gasteiger partial charge >= 0.3 is 0 Å². The minimum absolute atomic E-state index is 0.423. The van der Waals surface area contributed by atoms with Gasteiger partial charge in [0, 0.05) is 29.9 Å². The van der Waals surface area contributed by atoms with Crippen molar-refractivity contribution in [3.63, 3.8) is 0 Å². The molecule has 0 radical (unpaired) electrons. The van der Waals surface area contributed by atoms with E-state index < -0.39 is 0 Å². The van der Waals surface area contributed by atoms with Crippen molar-refractivity contribution in [3.8, 4) is 0 Å². The van der Waals surface area contributed by atoms with Gasteiger partial charge < -0.3 is 10.1 Å². The van der Waals surface area contributed by atoms with Crippen LogP contribution in [0.25, 0.3) is 0 Å². The Morgan fingerprint density at radius 3 is 2.75 bits per heavy atom. The molecular weight excluding hydrogens is 318 g/mol. The van der Waals surface area contributed by atoms with Gasteiger partial charge in [0.15, 0.2) is 5.82 Å². The van der Waals surface area contributed by atoms with E-state index in [1.807, 2.05) is 19.1 Å². The van der Waals surface area contributed by atoms with Crippen molar-refractivity contribution in [3.05, 3.63) is 51.4 Å². The van der Waals surface area contributed by atoms with Crippen molar-refractivity contribution < 1.29 is 4.74 Å². The summed E-state index contributed by atoms with van der Waals surface area (Å²) in [6.07, 6.45) is 0. The molecule has 1 aromatic carbocycles. The van der Waals surface area contributed by atoms with Crippen LogP contribution in [0.3, 0.4) is 0 Å². The number of methoxy groups -OCH3 is 1. The third kappa shape index (κ3) is 4.02. The summed E-state index contributed by atoms with van der Waals surface area (Å²) in [5.41, 5.74) is 3.42. The number of aryl methyl sites for hydroxylation is 2. The number of benzene rings is 1. The second-order valence-electron chi connectivity index (χ2n) is 4.67. The summed E-state index contributed by atoms with van der Waals surface area (Å²) in [5.74, 6) is 1.52. The number of hydrogen-bond acceptors (Lipinski definition) is 4. The van der Waals surface area contributed by atoms with Crippen LogP contribution in [0.2, 0.25) is 0 Å². The van der Waals surface area contributed by atoms with Gasteiger partial charge in [0.2, 0.25) is 0 Å². The zero-order valence-corrected chi connectivity index (χ0v) is 13.5. The Bertz CT molecular complexity index is 602. The lowest BCUT2D eigenvalue weighted by atomic mass is 10.1. The number of rotatable bonds is 5. The number of anilines is 1. The molecule has 0 unspecified atom stereocenters. The third-order valence-corrected chi connectivity index (χ3v) is 3.44. The molecule has 1 heterocycles. The second-order valence-corrected chi connectivity index (χ2v) is 5.58. The highest BCUT2D eigenvalue weighted by Gasteiger charge is 2.04. The highest BCUT2D eigenvalue weighted by Crippen LogP contribution is 2.17. The van der Waals surface area contributed by atoms with Crippen LogP contribution >= 0.6 is 15.9 Å². The summed E-state index contributed by atoms with van der Waals surface area (Å²) in [6, 6.07) is 8.20. The molecule has 2 rings (SSSR count). The Kier molecular flexibility index (Phi) is 5.09. The minimum atomic E-state index is 0.423. The van der Waals surface area contributed by atoms with Crippen LogP contribution in [0.15, 0.2) is 28.7 Å². The molecule has 5 heteroatoms. The third-order valence-electron chi connectivity index (χ3n) is 2.95. The largest absolute Gasteiger partial charge is 0.377 e. The molecule has 2 aromatic rings. The number of ether oxygens (including phenoxy) is 1. The normalized spacial score (nSPS) is 10.6. The van der Waals surface area contributed by atoms with E-state index in [2.05, 4.69) is 50.3 Å². The first-order chi connectivity index (χ1) is 9.58. The first-order valence-electron chi connectivity index (χ1n) is 6.41. The predicted molar refractivity (Wildman–Crippen MR) is 83.7 cm³/mol. The van der Waals surface area contributed by atoms with Crippen molar-refractivity contribution in [1.29, 1.82) is 0 Å². The molecule has 1 N–H and O–H groups in total. The SMILES string of the molecule is COCc1nc(C)cc(NCc2cc(Br)ccc2C)n1. The molecule has 0 saturated heterocycles. The average Bonchev–Trinajstić information content (AvgIpc) is 2.40. The molecule has 0 aliphatic heterocycles. The van der Waals surface area contributed by atoms with E-state index in [0.29, 0.717) is 12.4 Å². The first kappa shape index (κ1) is 14.9. The number of hydrogen-bond donors (Lipinski definition) is 1.